The molecule has 33 heavy (non-hydrogen) atoms. The van der Waals surface area contributed by atoms with Crippen LogP contribution in [0, 0.1) is 11.3 Å². The van der Waals surface area contributed by atoms with Gasteiger partial charge in [-0.05, 0) is 35.4 Å². The van der Waals surface area contributed by atoms with Crippen LogP contribution in [0.2, 0.25) is 0 Å². The molecule has 1 heterocycles. The molecule has 1 aliphatic heterocycles. The SMILES string of the molecule is CCN1CCN(Cc2ccccc2CNC(=O)c2ccccc2-c2ccccc2C#N)CC1. The van der Waals surface area contributed by atoms with Crippen LogP contribution in [-0.2, 0) is 13.1 Å². The fraction of sp³-hybridized carbons (Fsp3) is 0.286. The van der Waals surface area contributed by atoms with Crippen molar-refractivity contribution in [3.05, 3.63) is 95.1 Å². The van der Waals surface area contributed by atoms with Crippen LogP contribution in [0.3, 0.4) is 0 Å². The molecule has 1 saturated heterocycles. The topological polar surface area (TPSA) is 59.4 Å². The third kappa shape index (κ3) is 5.48. The third-order valence-corrected chi connectivity index (χ3v) is 6.37. The highest BCUT2D eigenvalue weighted by Crippen LogP contribution is 2.27. The number of nitrogens with zero attached hydrogens (tertiary/aromatic N) is 3. The Morgan fingerprint density at radius 1 is 0.848 bits per heavy atom. The molecule has 4 rings (SSSR count). The number of benzene rings is 3. The van der Waals surface area contributed by atoms with Crippen molar-refractivity contribution < 1.29 is 4.79 Å². The number of carbonyl (C=O) groups excluding carboxylic acids is 1. The van der Waals surface area contributed by atoms with Crippen molar-refractivity contribution in [3.63, 3.8) is 0 Å². The van der Waals surface area contributed by atoms with E-state index in [1.807, 2.05) is 48.5 Å². The molecule has 1 amide bonds. The molecule has 3 aromatic carbocycles. The Balaban J connectivity index is 1.47. The van der Waals surface area contributed by atoms with E-state index in [2.05, 4.69) is 46.3 Å². The van der Waals surface area contributed by atoms with Gasteiger partial charge >= 0.3 is 0 Å². The van der Waals surface area contributed by atoms with Gasteiger partial charge in [0.25, 0.3) is 5.91 Å². The summed E-state index contributed by atoms with van der Waals surface area (Å²) in [5.41, 5.74) is 5.08. The maximum atomic E-state index is 13.2. The normalized spacial score (nSPS) is 14.5. The number of hydrogen-bond acceptors (Lipinski definition) is 4. The summed E-state index contributed by atoms with van der Waals surface area (Å²) < 4.78 is 0. The van der Waals surface area contributed by atoms with Crippen molar-refractivity contribution >= 4 is 5.91 Å². The van der Waals surface area contributed by atoms with Gasteiger partial charge in [-0.2, -0.15) is 5.26 Å². The molecule has 0 bridgehead atoms. The molecule has 0 radical (unpaired) electrons. The van der Waals surface area contributed by atoms with Gasteiger partial charge in [0.15, 0.2) is 0 Å². The van der Waals surface area contributed by atoms with Gasteiger partial charge in [-0.1, -0.05) is 67.6 Å². The summed E-state index contributed by atoms with van der Waals surface area (Å²) in [5.74, 6) is -0.135. The number of nitrogens with one attached hydrogen (secondary N) is 1. The highest BCUT2D eigenvalue weighted by atomic mass is 16.1. The zero-order valence-electron chi connectivity index (χ0n) is 19.1. The van der Waals surface area contributed by atoms with Crippen LogP contribution in [0.25, 0.3) is 11.1 Å². The molecular weight excluding hydrogens is 408 g/mol. The van der Waals surface area contributed by atoms with E-state index in [1.54, 1.807) is 6.07 Å². The van der Waals surface area contributed by atoms with Gasteiger partial charge in [0.1, 0.15) is 0 Å². The van der Waals surface area contributed by atoms with Crippen LogP contribution in [-0.4, -0.2) is 48.4 Å². The number of amides is 1. The predicted octanol–water partition coefficient (Wildman–Crippen LogP) is 4.29. The molecule has 1 aliphatic rings. The smallest absolute Gasteiger partial charge is 0.252 e. The Kier molecular flexibility index (Phi) is 7.51. The molecule has 5 nitrogen and oxygen atoms in total. The Labute approximate surface area is 196 Å². The quantitative estimate of drug-likeness (QED) is 0.598. The lowest BCUT2D eigenvalue weighted by Crippen LogP contribution is -2.45. The van der Waals surface area contributed by atoms with E-state index in [0.717, 1.165) is 56.0 Å². The monoisotopic (exact) mass is 438 g/mol. The zero-order chi connectivity index (χ0) is 23.0. The van der Waals surface area contributed by atoms with E-state index in [4.69, 9.17) is 0 Å². The molecule has 0 unspecified atom stereocenters. The van der Waals surface area contributed by atoms with E-state index < -0.39 is 0 Å². The van der Waals surface area contributed by atoms with Crippen molar-refractivity contribution in [2.45, 2.75) is 20.0 Å². The highest BCUT2D eigenvalue weighted by Gasteiger charge is 2.18. The zero-order valence-corrected chi connectivity index (χ0v) is 19.1. The van der Waals surface area contributed by atoms with Crippen molar-refractivity contribution in [3.8, 4) is 17.2 Å². The second-order valence-corrected chi connectivity index (χ2v) is 8.36. The number of nitriles is 1. The Bertz CT molecular complexity index is 1140. The van der Waals surface area contributed by atoms with E-state index in [0.29, 0.717) is 17.7 Å². The molecule has 0 aliphatic carbocycles. The third-order valence-electron chi connectivity index (χ3n) is 6.37. The molecular formula is C28H30N4O. The van der Waals surface area contributed by atoms with Crippen LogP contribution in [0.1, 0.15) is 34.0 Å². The van der Waals surface area contributed by atoms with E-state index in [1.165, 1.54) is 5.56 Å². The first-order valence-corrected chi connectivity index (χ1v) is 11.6. The van der Waals surface area contributed by atoms with Crippen molar-refractivity contribution in [1.29, 1.82) is 5.26 Å². The lowest BCUT2D eigenvalue weighted by Gasteiger charge is -2.34. The minimum atomic E-state index is -0.135. The van der Waals surface area contributed by atoms with E-state index in [-0.39, 0.29) is 5.91 Å². The van der Waals surface area contributed by atoms with Crippen molar-refractivity contribution in [2.75, 3.05) is 32.7 Å². The number of likely N-dealkylation sites (N-methyl/N-ethyl adjacent to an activating group) is 1. The Morgan fingerprint density at radius 3 is 2.18 bits per heavy atom. The molecule has 1 N–H and O–H groups in total. The molecule has 3 aromatic rings. The summed E-state index contributed by atoms with van der Waals surface area (Å²) in [4.78, 5) is 18.1. The minimum Gasteiger partial charge on any atom is -0.348 e. The summed E-state index contributed by atoms with van der Waals surface area (Å²) in [7, 11) is 0. The summed E-state index contributed by atoms with van der Waals surface area (Å²) in [6, 6.07) is 25.4. The van der Waals surface area contributed by atoms with Crippen molar-refractivity contribution in [2.24, 2.45) is 0 Å². The van der Waals surface area contributed by atoms with E-state index >= 15 is 0 Å². The number of piperazine rings is 1. The van der Waals surface area contributed by atoms with Crippen LogP contribution in [0.4, 0.5) is 0 Å². The fourth-order valence-electron chi connectivity index (χ4n) is 4.39. The van der Waals surface area contributed by atoms with Gasteiger partial charge in [-0.3, -0.25) is 9.69 Å². The average molecular weight is 439 g/mol. The second kappa shape index (κ2) is 10.9. The van der Waals surface area contributed by atoms with E-state index in [9.17, 15) is 10.1 Å². The Morgan fingerprint density at radius 2 is 1.45 bits per heavy atom. The van der Waals surface area contributed by atoms with Gasteiger partial charge in [0.05, 0.1) is 11.6 Å². The fourth-order valence-corrected chi connectivity index (χ4v) is 4.39. The number of rotatable bonds is 7. The van der Waals surface area contributed by atoms with Crippen LogP contribution in [0.5, 0.6) is 0 Å². The first-order valence-electron chi connectivity index (χ1n) is 11.6. The van der Waals surface area contributed by atoms with Gasteiger partial charge in [0.2, 0.25) is 0 Å². The summed E-state index contributed by atoms with van der Waals surface area (Å²) in [6.07, 6.45) is 0. The molecule has 1 fully saturated rings. The second-order valence-electron chi connectivity index (χ2n) is 8.36. The maximum Gasteiger partial charge on any atom is 0.252 e. The summed E-state index contributed by atoms with van der Waals surface area (Å²) in [6.45, 7) is 9.04. The standard InChI is InChI=1S/C28H30N4O/c1-2-31-15-17-32(18-16-31)21-24-11-4-3-10-23(24)20-30-28(33)27-14-8-7-13-26(27)25-12-6-5-9-22(25)19-29/h3-14H,2,15-18,20-21H2,1H3,(H,30,33). The number of carbonyl (C=O) groups is 1. The number of hydrogen-bond donors (Lipinski definition) is 1. The molecule has 0 saturated carbocycles. The first kappa shape index (κ1) is 22.7. The maximum absolute atomic E-state index is 13.2. The van der Waals surface area contributed by atoms with Crippen LogP contribution >= 0.6 is 0 Å². The van der Waals surface area contributed by atoms with Gasteiger partial charge < -0.3 is 10.2 Å². The van der Waals surface area contributed by atoms with Crippen LogP contribution in [0.15, 0.2) is 72.8 Å². The molecule has 168 valence electrons. The summed E-state index contributed by atoms with van der Waals surface area (Å²) >= 11 is 0. The first-order chi connectivity index (χ1) is 16.2. The van der Waals surface area contributed by atoms with Gasteiger partial charge in [0, 0.05) is 50.4 Å². The average Bonchev–Trinajstić information content (AvgIpc) is 2.88. The predicted molar refractivity (Wildman–Crippen MR) is 132 cm³/mol. The van der Waals surface area contributed by atoms with Crippen molar-refractivity contribution in [1.82, 2.24) is 15.1 Å². The minimum absolute atomic E-state index is 0.135. The highest BCUT2D eigenvalue weighted by molar-refractivity contribution is 6.01. The Hall–Kier alpha value is -3.46. The lowest BCUT2D eigenvalue weighted by molar-refractivity contribution is 0.0951. The molecule has 0 spiro atoms. The summed E-state index contributed by atoms with van der Waals surface area (Å²) in [5, 5.41) is 12.6. The van der Waals surface area contributed by atoms with Gasteiger partial charge in [-0.25, -0.2) is 0 Å². The lowest BCUT2D eigenvalue weighted by atomic mass is 9.95. The molecule has 0 aromatic heterocycles. The van der Waals surface area contributed by atoms with Crippen LogP contribution < -0.4 is 5.32 Å². The molecule has 5 heteroatoms. The largest absolute Gasteiger partial charge is 0.348 e. The van der Waals surface area contributed by atoms with Gasteiger partial charge in [-0.15, -0.1) is 0 Å². The molecule has 0 atom stereocenters.